The Bertz CT molecular complexity index is 424. The minimum absolute atomic E-state index is 0.0947. The van der Waals surface area contributed by atoms with Crippen molar-refractivity contribution in [2.75, 3.05) is 0 Å². The molecule has 0 fully saturated rings. The minimum Gasteiger partial charge on any atom is -0.385 e. The van der Waals surface area contributed by atoms with Gasteiger partial charge in [-0.05, 0) is 31.0 Å². The molecule has 0 saturated carbocycles. The molecule has 0 spiro atoms. The molecule has 1 unspecified atom stereocenters. The molecule has 0 aliphatic heterocycles. The van der Waals surface area contributed by atoms with Crippen molar-refractivity contribution in [1.29, 1.82) is 0 Å². The third-order valence-corrected chi connectivity index (χ3v) is 3.16. The minimum atomic E-state index is -4.75. The summed E-state index contributed by atoms with van der Waals surface area (Å²) in [7, 11) is 0. The molecule has 1 nitrogen and oxygen atoms in total. The summed E-state index contributed by atoms with van der Waals surface area (Å²) in [5, 5.41) is 10.2. The summed E-state index contributed by atoms with van der Waals surface area (Å²) < 4.78 is 51.0. The molecule has 1 atom stereocenters. The highest BCUT2D eigenvalue weighted by molar-refractivity contribution is 5.30. The molecule has 0 radical (unpaired) electrons. The standard InChI is InChI=1S/C14H18F4O/c1-3-4-5-8-13(2,19)10-6-7-12(15)11(9-10)14(16,17)18/h6-7,9,19H,3-5,8H2,1-2H3. The number of hydrogen-bond donors (Lipinski definition) is 1. The van der Waals surface area contributed by atoms with Crippen LogP contribution >= 0.6 is 0 Å². The van der Waals surface area contributed by atoms with E-state index in [2.05, 4.69) is 0 Å². The molecule has 5 heteroatoms. The molecule has 19 heavy (non-hydrogen) atoms. The fraction of sp³-hybridized carbons (Fsp3) is 0.571. The maximum absolute atomic E-state index is 13.2. The van der Waals surface area contributed by atoms with Crippen LogP contribution in [0.15, 0.2) is 18.2 Å². The topological polar surface area (TPSA) is 20.2 Å². The van der Waals surface area contributed by atoms with E-state index in [1.807, 2.05) is 6.92 Å². The van der Waals surface area contributed by atoms with Crippen molar-refractivity contribution >= 4 is 0 Å². The summed E-state index contributed by atoms with van der Waals surface area (Å²) in [5.41, 5.74) is -2.61. The predicted octanol–water partition coefficient (Wildman–Crippen LogP) is 4.63. The van der Waals surface area contributed by atoms with Crippen LogP contribution in [0.3, 0.4) is 0 Å². The third kappa shape index (κ3) is 4.20. The Morgan fingerprint density at radius 1 is 1.16 bits per heavy atom. The molecule has 0 aromatic heterocycles. The van der Waals surface area contributed by atoms with Crippen LogP contribution in [0, 0.1) is 5.82 Å². The van der Waals surface area contributed by atoms with Crippen LogP contribution in [0.4, 0.5) is 17.6 Å². The lowest BCUT2D eigenvalue weighted by molar-refractivity contribution is -0.140. The fourth-order valence-electron chi connectivity index (χ4n) is 1.94. The molecular weight excluding hydrogens is 260 g/mol. The van der Waals surface area contributed by atoms with Crippen molar-refractivity contribution in [3.8, 4) is 0 Å². The molecule has 0 heterocycles. The van der Waals surface area contributed by atoms with Gasteiger partial charge in [-0.3, -0.25) is 0 Å². The summed E-state index contributed by atoms with van der Waals surface area (Å²) in [6.07, 6.45) is -1.84. The van der Waals surface area contributed by atoms with E-state index in [1.165, 1.54) is 13.0 Å². The quantitative estimate of drug-likeness (QED) is 0.615. The zero-order valence-electron chi connectivity index (χ0n) is 11.0. The van der Waals surface area contributed by atoms with Crippen molar-refractivity contribution in [3.05, 3.63) is 35.1 Å². The highest BCUT2D eigenvalue weighted by Crippen LogP contribution is 2.35. The fourth-order valence-corrected chi connectivity index (χ4v) is 1.94. The third-order valence-electron chi connectivity index (χ3n) is 3.16. The van der Waals surface area contributed by atoms with E-state index in [4.69, 9.17) is 0 Å². The Balaban J connectivity index is 3.01. The zero-order valence-corrected chi connectivity index (χ0v) is 11.0. The van der Waals surface area contributed by atoms with Gasteiger partial charge in [-0.1, -0.05) is 32.3 Å². The van der Waals surface area contributed by atoms with Crippen molar-refractivity contribution in [1.82, 2.24) is 0 Å². The Morgan fingerprint density at radius 3 is 2.32 bits per heavy atom. The van der Waals surface area contributed by atoms with Crippen LogP contribution in [0.25, 0.3) is 0 Å². The molecule has 108 valence electrons. The van der Waals surface area contributed by atoms with Gasteiger partial charge in [0.25, 0.3) is 0 Å². The van der Waals surface area contributed by atoms with Gasteiger partial charge in [-0.15, -0.1) is 0 Å². The van der Waals surface area contributed by atoms with Gasteiger partial charge >= 0.3 is 6.18 Å². The summed E-state index contributed by atoms with van der Waals surface area (Å²) in [5.74, 6) is -1.32. The summed E-state index contributed by atoms with van der Waals surface area (Å²) in [4.78, 5) is 0. The number of alkyl halides is 3. The maximum Gasteiger partial charge on any atom is 0.419 e. The van der Waals surface area contributed by atoms with Crippen LogP contribution in [-0.4, -0.2) is 5.11 Å². The van der Waals surface area contributed by atoms with Crippen molar-refractivity contribution in [3.63, 3.8) is 0 Å². The summed E-state index contributed by atoms with van der Waals surface area (Å²) >= 11 is 0. The molecular formula is C14H18F4O. The van der Waals surface area contributed by atoms with Gasteiger partial charge in [0.05, 0.1) is 11.2 Å². The van der Waals surface area contributed by atoms with Gasteiger partial charge in [0.2, 0.25) is 0 Å². The molecule has 0 saturated heterocycles. The first-order valence-electron chi connectivity index (χ1n) is 6.28. The largest absolute Gasteiger partial charge is 0.419 e. The summed E-state index contributed by atoms with van der Waals surface area (Å²) in [6.45, 7) is 3.45. The van der Waals surface area contributed by atoms with E-state index >= 15 is 0 Å². The lowest BCUT2D eigenvalue weighted by Gasteiger charge is -2.25. The van der Waals surface area contributed by atoms with Crippen molar-refractivity contribution in [2.45, 2.75) is 51.3 Å². The number of halogens is 4. The number of hydrogen-bond acceptors (Lipinski definition) is 1. The normalized spacial score (nSPS) is 15.3. The Morgan fingerprint density at radius 2 is 1.79 bits per heavy atom. The van der Waals surface area contributed by atoms with E-state index in [1.54, 1.807) is 0 Å². The molecule has 1 rings (SSSR count). The monoisotopic (exact) mass is 278 g/mol. The number of unbranched alkanes of at least 4 members (excludes halogenated alkanes) is 2. The average Bonchev–Trinajstić information content (AvgIpc) is 2.27. The van der Waals surface area contributed by atoms with Crippen molar-refractivity contribution < 1.29 is 22.7 Å². The van der Waals surface area contributed by atoms with Gasteiger partial charge in [0, 0.05) is 0 Å². The molecule has 1 aromatic carbocycles. The SMILES string of the molecule is CCCCCC(C)(O)c1ccc(F)c(C(F)(F)F)c1. The van der Waals surface area contributed by atoms with Crippen LogP contribution in [-0.2, 0) is 11.8 Å². The number of rotatable bonds is 5. The van der Waals surface area contributed by atoms with E-state index < -0.39 is 23.2 Å². The lowest BCUT2D eigenvalue weighted by atomic mass is 9.89. The number of aliphatic hydroxyl groups is 1. The predicted molar refractivity (Wildman–Crippen MR) is 65.1 cm³/mol. The first kappa shape index (κ1) is 16.0. The second-order valence-electron chi connectivity index (χ2n) is 4.92. The lowest BCUT2D eigenvalue weighted by Crippen LogP contribution is -2.22. The molecule has 0 aliphatic rings. The Kier molecular flexibility index (Phi) is 4.96. The van der Waals surface area contributed by atoms with E-state index in [-0.39, 0.29) is 5.56 Å². The number of benzene rings is 1. The van der Waals surface area contributed by atoms with Gasteiger partial charge < -0.3 is 5.11 Å². The van der Waals surface area contributed by atoms with E-state index in [0.717, 1.165) is 18.9 Å². The van der Waals surface area contributed by atoms with Gasteiger partial charge in [0.1, 0.15) is 5.82 Å². The van der Waals surface area contributed by atoms with Gasteiger partial charge in [0.15, 0.2) is 0 Å². The maximum atomic E-state index is 13.2. The molecule has 0 aliphatic carbocycles. The highest BCUT2D eigenvalue weighted by Gasteiger charge is 2.35. The van der Waals surface area contributed by atoms with Crippen LogP contribution < -0.4 is 0 Å². The highest BCUT2D eigenvalue weighted by atomic mass is 19.4. The molecule has 1 N–H and O–H groups in total. The Labute approximate surface area is 110 Å². The first-order chi connectivity index (χ1) is 8.68. The smallest absolute Gasteiger partial charge is 0.385 e. The molecule has 0 amide bonds. The van der Waals surface area contributed by atoms with E-state index in [0.29, 0.717) is 18.9 Å². The van der Waals surface area contributed by atoms with Gasteiger partial charge in [-0.2, -0.15) is 13.2 Å². The average molecular weight is 278 g/mol. The van der Waals surface area contributed by atoms with Crippen LogP contribution in [0.1, 0.15) is 50.7 Å². The molecule has 0 bridgehead atoms. The first-order valence-corrected chi connectivity index (χ1v) is 6.28. The second kappa shape index (κ2) is 5.90. The van der Waals surface area contributed by atoms with Gasteiger partial charge in [-0.25, -0.2) is 4.39 Å². The zero-order chi connectivity index (χ0) is 14.7. The summed E-state index contributed by atoms with van der Waals surface area (Å²) in [6, 6.07) is 2.66. The van der Waals surface area contributed by atoms with Crippen LogP contribution in [0.5, 0.6) is 0 Å². The second-order valence-corrected chi connectivity index (χ2v) is 4.92. The van der Waals surface area contributed by atoms with E-state index in [9.17, 15) is 22.7 Å². The van der Waals surface area contributed by atoms with Crippen LogP contribution in [0.2, 0.25) is 0 Å². The van der Waals surface area contributed by atoms with Crippen molar-refractivity contribution in [2.24, 2.45) is 0 Å². The Hall–Kier alpha value is -1.10. The molecule has 1 aromatic rings.